The molecule has 0 aliphatic rings. The number of aromatic nitrogens is 2. The first-order chi connectivity index (χ1) is 7.72. The van der Waals surface area contributed by atoms with Crippen LogP contribution in [0.15, 0.2) is 29.2 Å². The summed E-state index contributed by atoms with van der Waals surface area (Å²) in [4.78, 5) is 11.0. The van der Waals surface area contributed by atoms with Crippen molar-refractivity contribution in [1.82, 2.24) is 9.78 Å². The van der Waals surface area contributed by atoms with Gasteiger partial charge in [-0.2, -0.15) is 16.4 Å². The lowest BCUT2D eigenvalue weighted by atomic mass is 10.1. The van der Waals surface area contributed by atoms with Crippen LogP contribution in [0, 0.1) is 0 Å². The van der Waals surface area contributed by atoms with Crippen molar-refractivity contribution in [2.45, 2.75) is 6.04 Å². The van der Waals surface area contributed by atoms with Crippen LogP contribution in [-0.2, 0) is 0 Å². The zero-order chi connectivity index (χ0) is 11.5. The molecule has 1 amide bonds. The van der Waals surface area contributed by atoms with Crippen LogP contribution >= 0.6 is 11.3 Å². The minimum atomic E-state index is -0.479. The molecule has 2 aromatic heterocycles. The third-order valence-electron chi connectivity index (χ3n) is 2.36. The summed E-state index contributed by atoms with van der Waals surface area (Å²) in [6.07, 6.45) is 3.08. The third kappa shape index (κ3) is 1.98. The molecule has 0 aliphatic heterocycles. The van der Waals surface area contributed by atoms with E-state index in [-0.39, 0.29) is 6.04 Å². The maximum absolute atomic E-state index is 11.0. The first kappa shape index (κ1) is 10.8. The standard InChI is InChI=1S/C10H12N4OS/c11-3-9(7-1-2-16-6-7)14-5-8(4-13-14)10(12)15/h1-2,4-6,9H,3,11H2,(H2,12,15). The summed E-state index contributed by atoms with van der Waals surface area (Å²) in [6, 6.07) is 1.95. The fraction of sp³-hybridized carbons (Fsp3) is 0.200. The summed E-state index contributed by atoms with van der Waals surface area (Å²) in [6.45, 7) is 0.427. The van der Waals surface area contributed by atoms with E-state index in [1.807, 2.05) is 16.8 Å². The van der Waals surface area contributed by atoms with E-state index < -0.39 is 5.91 Å². The number of carbonyl (C=O) groups is 1. The SMILES string of the molecule is NCC(c1ccsc1)n1cc(C(N)=O)cn1. The summed E-state index contributed by atoms with van der Waals surface area (Å²) in [5.74, 6) is -0.479. The lowest BCUT2D eigenvalue weighted by molar-refractivity contribution is 0.1000. The van der Waals surface area contributed by atoms with E-state index in [2.05, 4.69) is 5.10 Å². The molecule has 0 radical (unpaired) electrons. The average molecular weight is 236 g/mol. The molecule has 0 aliphatic carbocycles. The van der Waals surface area contributed by atoms with E-state index in [4.69, 9.17) is 11.5 Å². The molecule has 84 valence electrons. The van der Waals surface area contributed by atoms with Gasteiger partial charge in [-0.15, -0.1) is 0 Å². The largest absolute Gasteiger partial charge is 0.366 e. The van der Waals surface area contributed by atoms with Gasteiger partial charge in [0.15, 0.2) is 0 Å². The van der Waals surface area contributed by atoms with E-state index >= 15 is 0 Å². The van der Waals surface area contributed by atoms with Crippen LogP contribution < -0.4 is 11.5 Å². The van der Waals surface area contributed by atoms with Gasteiger partial charge in [0.05, 0.1) is 17.8 Å². The molecular weight excluding hydrogens is 224 g/mol. The summed E-state index contributed by atoms with van der Waals surface area (Å²) in [5, 5.41) is 8.10. The van der Waals surface area contributed by atoms with E-state index in [1.165, 1.54) is 6.20 Å². The topological polar surface area (TPSA) is 86.9 Å². The highest BCUT2D eigenvalue weighted by Crippen LogP contribution is 2.19. The van der Waals surface area contributed by atoms with Crippen molar-refractivity contribution in [2.24, 2.45) is 11.5 Å². The summed E-state index contributed by atoms with van der Waals surface area (Å²) in [7, 11) is 0. The second kappa shape index (κ2) is 4.46. The monoisotopic (exact) mass is 236 g/mol. The molecule has 2 rings (SSSR count). The minimum absolute atomic E-state index is 0.0423. The predicted molar refractivity (Wildman–Crippen MR) is 62.3 cm³/mol. The van der Waals surface area contributed by atoms with Gasteiger partial charge in [-0.25, -0.2) is 0 Å². The van der Waals surface area contributed by atoms with Crippen LogP contribution in [0.2, 0.25) is 0 Å². The quantitative estimate of drug-likeness (QED) is 0.814. The number of hydrogen-bond acceptors (Lipinski definition) is 4. The Hall–Kier alpha value is -1.66. The Morgan fingerprint density at radius 2 is 2.44 bits per heavy atom. The predicted octanol–water partition coefficient (Wildman–Crippen LogP) is 0.592. The highest BCUT2D eigenvalue weighted by atomic mass is 32.1. The Labute approximate surface area is 96.7 Å². The van der Waals surface area contributed by atoms with Crippen LogP contribution in [0.5, 0.6) is 0 Å². The fourth-order valence-electron chi connectivity index (χ4n) is 1.50. The Bertz CT molecular complexity index is 477. The molecule has 0 fully saturated rings. The van der Waals surface area contributed by atoms with E-state index in [0.29, 0.717) is 12.1 Å². The van der Waals surface area contributed by atoms with Gasteiger partial charge in [-0.1, -0.05) is 0 Å². The van der Waals surface area contributed by atoms with Crippen LogP contribution in [0.3, 0.4) is 0 Å². The molecule has 6 heteroatoms. The van der Waals surface area contributed by atoms with Crippen molar-refractivity contribution in [3.63, 3.8) is 0 Å². The first-order valence-electron chi connectivity index (χ1n) is 4.78. The van der Waals surface area contributed by atoms with E-state index in [1.54, 1.807) is 22.2 Å². The molecule has 1 unspecified atom stereocenters. The third-order valence-corrected chi connectivity index (χ3v) is 3.06. The molecule has 16 heavy (non-hydrogen) atoms. The zero-order valence-electron chi connectivity index (χ0n) is 8.54. The van der Waals surface area contributed by atoms with Crippen molar-refractivity contribution < 1.29 is 4.79 Å². The number of primary amides is 1. The second-order valence-electron chi connectivity index (χ2n) is 3.38. The van der Waals surface area contributed by atoms with E-state index in [0.717, 1.165) is 5.56 Å². The highest BCUT2D eigenvalue weighted by molar-refractivity contribution is 7.07. The molecule has 5 nitrogen and oxygen atoms in total. The average Bonchev–Trinajstić information content (AvgIpc) is 2.88. The molecular formula is C10H12N4OS. The summed E-state index contributed by atoms with van der Waals surface area (Å²) >= 11 is 1.60. The fourth-order valence-corrected chi connectivity index (χ4v) is 2.20. The van der Waals surface area contributed by atoms with Gasteiger partial charge in [0, 0.05) is 12.7 Å². The number of nitrogens with two attached hydrogens (primary N) is 2. The van der Waals surface area contributed by atoms with Crippen LogP contribution in [0.1, 0.15) is 22.0 Å². The number of rotatable bonds is 4. The summed E-state index contributed by atoms with van der Waals surface area (Å²) in [5.41, 5.74) is 12.4. The number of amides is 1. The highest BCUT2D eigenvalue weighted by Gasteiger charge is 2.14. The van der Waals surface area contributed by atoms with Crippen LogP contribution in [-0.4, -0.2) is 22.2 Å². The lowest BCUT2D eigenvalue weighted by Crippen LogP contribution is -2.20. The molecule has 0 saturated carbocycles. The zero-order valence-corrected chi connectivity index (χ0v) is 9.35. The van der Waals surface area contributed by atoms with Gasteiger partial charge in [-0.05, 0) is 22.4 Å². The molecule has 0 bridgehead atoms. The van der Waals surface area contributed by atoms with Crippen molar-refractivity contribution in [1.29, 1.82) is 0 Å². The Morgan fingerprint density at radius 1 is 1.62 bits per heavy atom. The number of carbonyl (C=O) groups excluding carboxylic acids is 1. The second-order valence-corrected chi connectivity index (χ2v) is 4.16. The Morgan fingerprint density at radius 3 is 2.94 bits per heavy atom. The molecule has 2 aromatic rings. The normalized spacial score (nSPS) is 12.6. The Kier molecular flexibility index (Phi) is 3.02. The lowest BCUT2D eigenvalue weighted by Gasteiger charge is -2.13. The number of hydrogen-bond donors (Lipinski definition) is 2. The molecule has 2 heterocycles. The molecule has 0 spiro atoms. The van der Waals surface area contributed by atoms with Crippen molar-refractivity contribution in [3.8, 4) is 0 Å². The van der Waals surface area contributed by atoms with Gasteiger partial charge >= 0.3 is 0 Å². The molecule has 1 atom stereocenters. The molecule has 0 saturated heterocycles. The van der Waals surface area contributed by atoms with Gasteiger partial charge < -0.3 is 11.5 Å². The van der Waals surface area contributed by atoms with Gasteiger partial charge in [0.2, 0.25) is 0 Å². The maximum atomic E-state index is 11.0. The van der Waals surface area contributed by atoms with Crippen molar-refractivity contribution >= 4 is 17.2 Å². The van der Waals surface area contributed by atoms with Crippen molar-refractivity contribution in [2.75, 3.05) is 6.54 Å². The summed E-state index contributed by atoms with van der Waals surface area (Å²) < 4.78 is 1.67. The molecule has 4 N–H and O–H groups in total. The van der Waals surface area contributed by atoms with Crippen LogP contribution in [0.25, 0.3) is 0 Å². The van der Waals surface area contributed by atoms with E-state index in [9.17, 15) is 4.79 Å². The molecule has 0 aromatic carbocycles. The van der Waals surface area contributed by atoms with Gasteiger partial charge in [-0.3, -0.25) is 9.48 Å². The van der Waals surface area contributed by atoms with Gasteiger partial charge in [0.1, 0.15) is 0 Å². The van der Waals surface area contributed by atoms with Crippen LogP contribution in [0.4, 0.5) is 0 Å². The van der Waals surface area contributed by atoms with Gasteiger partial charge in [0.25, 0.3) is 5.91 Å². The number of nitrogens with zero attached hydrogens (tertiary/aromatic N) is 2. The number of thiophene rings is 1. The van der Waals surface area contributed by atoms with Crippen molar-refractivity contribution in [3.05, 3.63) is 40.3 Å². The minimum Gasteiger partial charge on any atom is -0.366 e. The smallest absolute Gasteiger partial charge is 0.251 e. The maximum Gasteiger partial charge on any atom is 0.251 e. The first-order valence-corrected chi connectivity index (χ1v) is 5.72. The Balaban J connectivity index is 2.30.